The SMILES string of the molecule is O=C(COc1ccc(F)c(Cl)c1)c1cccc(Br)c1. The van der Waals surface area contributed by atoms with Crippen LogP contribution in [0.5, 0.6) is 5.75 Å². The van der Waals surface area contributed by atoms with Gasteiger partial charge in [-0.2, -0.15) is 0 Å². The monoisotopic (exact) mass is 342 g/mol. The Morgan fingerprint density at radius 2 is 2.05 bits per heavy atom. The molecule has 5 heteroatoms. The number of ether oxygens (including phenoxy) is 1. The first-order valence-electron chi connectivity index (χ1n) is 5.43. The minimum absolute atomic E-state index is 0.0348. The molecule has 98 valence electrons. The van der Waals surface area contributed by atoms with Gasteiger partial charge in [-0.15, -0.1) is 0 Å². The molecule has 0 saturated carbocycles. The van der Waals surface area contributed by atoms with E-state index in [-0.39, 0.29) is 17.4 Å². The largest absolute Gasteiger partial charge is 0.485 e. The Balaban J connectivity index is 2.02. The summed E-state index contributed by atoms with van der Waals surface area (Å²) in [6.07, 6.45) is 0. The minimum Gasteiger partial charge on any atom is -0.485 e. The fourth-order valence-corrected chi connectivity index (χ4v) is 2.03. The van der Waals surface area contributed by atoms with E-state index in [9.17, 15) is 9.18 Å². The van der Waals surface area contributed by atoms with Crippen LogP contribution in [0.1, 0.15) is 10.4 Å². The van der Waals surface area contributed by atoms with Crippen LogP contribution in [0.15, 0.2) is 46.9 Å². The van der Waals surface area contributed by atoms with E-state index in [2.05, 4.69) is 15.9 Å². The van der Waals surface area contributed by atoms with Crippen molar-refractivity contribution in [2.45, 2.75) is 0 Å². The van der Waals surface area contributed by atoms with Crippen LogP contribution in [-0.2, 0) is 0 Å². The molecule has 2 aromatic rings. The summed E-state index contributed by atoms with van der Waals surface area (Å²) in [5, 5.41) is -0.0348. The van der Waals surface area contributed by atoms with Gasteiger partial charge in [-0.1, -0.05) is 39.7 Å². The number of hydrogen-bond acceptors (Lipinski definition) is 2. The van der Waals surface area contributed by atoms with Crippen molar-refractivity contribution < 1.29 is 13.9 Å². The minimum atomic E-state index is -0.521. The predicted molar refractivity (Wildman–Crippen MR) is 75.4 cm³/mol. The highest BCUT2D eigenvalue weighted by Crippen LogP contribution is 2.21. The van der Waals surface area contributed by atoms with Crippen molar-refractivity contribution >= 4 is 33.3 Å². The third-order valence-corrected chi connectivity index (χ3v) is 3.19. The zero-order valence-corrected chi connectivity index (χ0v) is 12.0. The molecule has 0 unspecified atom stereocenters. The highest BCUT2D eigenvalue weighted by Gasteiger charge is 2.08. The van der Waals surface area contributed by atoms with Gasteiger partial charge in [0, 0.05) is 16.1 Å². The van der Waals surface area contributed by atoms with Crippen LogP contribution in [0.25, 0.3) is 0 Å². The molecule has 0 aromatic heterocycles. The Kier molecular flexibility index (Phi) is 4.56. The molecule has 0 aliphatic carbocycles. The van der Waals surface area contributed by atoms with Crippen molar-refractivity contribution in [2.75, 3.05) is 6.61 Å². The average Bonchev–Trinajstić information content (AvgIpc) is 2.40. The second-order valence-corrected chi connectivity index (χ2v) is 5.12. The van der Waals surface area contributed by atoms with Gasteiger partial charge in [0.1, 0.15) is 11.6 Å². The zero-order chi connectivity index (χ0) is 13.8. The molecule has 0 amide bonds. The number of Topliss-reactive ketones (excluding diaryl/α,β-unsaturated/α-hetero) is 1. The van der Waals surface area contributed by atoms with Crippen molar-refractivity contribution in [3.63, 3.8) is 0 Å². The van der Waals surface area contributed by atoms with Gasteiger partial charge in [-0.3, -0.25) is 4.79 Å². The van der Waals surface area contributed by atoms with E-state index >= 15 is 0 Å². The van der Waals surface area contributed by atoms with Crippen molar-refractivity contribution in [2.24, 2.45) is 0 Å². The van der Waals surface area contributed by atoms with Gasteiger partial charge in [0.05, 0.1) is 5.02 Å². The third-order valence-electron chi connectivity index (χ3n) is 2.41. The normalized spacial score (nSPS) is 10.3. The number of carbonyl (C=O) groups is 1. The Morgan fingerprint density at radius 3 is 2.74 bits per heavy atom. The van der Waals surface area contributed by atoms with Crippen molar-refractivity contribution in [3.8, 4) is 5.75 Å². The number of hydrogen-bond donors (Lipinski definition) is 0. The fraction of sp³-hybridized carbons (Fsp3) is 0.0714. The van der Waals surface area contributed by atoms with Crippen LogP contribution in [-0.4, -0.2) is 12.4 Å². The molecule has 0 saturated heterocycles. The van der Waals surface area contributed by atoms with Crippen LogP contribution in [0, 0.1) is 5.82 Å². The fourth-order valence-electron chi connectivity index (χ4n) is 1.46. The van der Waals surface area contributed by atoms with E-state index < -0.39 is 5.82 Å². The molecule has 0 heterocycles. The van der Waals surface area contributed by atoms with E-state index in [1.165, 1.54) is 18.2 Å². The van der Waals surface area contributed by atoms with E-state index in [1.54, 1.807) is 18.2 Å². The third kappa shape index (κ3) is 3.78. The second kappa shape index (κ2) is 6.17. The number of ketones is 1. The Hall–Kier alpha value is -1.39. The molecule has 19 heavy (non-hydrogen) atoms. The smallest absolute Gasteiger partial charge is 0.200 e. The predicted octanol–water partition coefficient (Wildman–Crippen LogP) is 4.50. The molecule has 0 N–H and O–H groups in total. The summed E-state index contributed by atoms with van der Waals surface area (Å²) in [4.78, 5) is 11.9. The van der Waals surface area contributed by atoms with Crippen molar-refractivity contribution in [1.82, 2.24) is 0 Å². The van der Waals surface area contributed by atoms with E-state index in [0.29, 0.717) is 11.3 Å². The van der Waals surface area contributed by atoms with Gasteiger partial charge in [0.25, 0.3) is 0 Å². The molecule has 0 atom stereocenters. The average molecular weight is 344 g/mol. The quantitative estimate of drug-likeness (QED) is 0.764. The van der Waals surface area contributed by atoms with Crippen LogP contribution in [0.2, 0.25) is 5.02 Å². The van der Waals surface area contributed by atoms with E-state index in [4.69, 9.17) is 16.3 Å². The topological polar surface area (TPSA) is 26.3 Å². The lowest BCUT2D eigenvalue weighted by molar-refractivity contribution is 0.0921. The zero-order valence-electron chi connectivity index (χ0n) is 9.70. The standard InChI is InChI=1S/C14H9BrClFO2/c15-10-3-1-2-9(6-10)14(18)8-19-11-4-5-13(17)12(16)7-11/h1-7H,8H2. The molecule has 2 aromatic carbocycles. The maximum absolute atomic E-state index is 12.9. The van der Waals surface area contributed by atoms with Crippen LogP contribution >= 0.6 is 27.5 Å². The molecule has 0 aliphatic rings. The Labute approximate surface area is 123 Å². The Bertz CT molecular complexity index is 616. The first-order chi connectivity index (χ1) is 9.06. The highest BCUT2D eigenvalue weighted by molar-refractivity contribution is 9.10. The van der Waals surface area contributed by atoms with Crippen molar-refractivity contribution in [3.05, 3.63) is 63.3 Å². The lowest BCUT2D eigenvalue weighted by Crippen LogP contribution is -2.11. The summed E-state index contributed by atoms with van der Waals surface area (Å²) < 4.78 is 19.1. The van der Waals surface area contributed by atoms with Crippen molar-refractivity contribution in [1.29, 1.82) is 0 Å². The summed E-state index contributed by atoms with van der Waals surface area (Å²) in [5.41, 5.74) is 0.544. The molecule has 0 spiro atoms. The summed E-state index contributed by atoms with van der Waals surface area (Å²) in [5.74, 6) is -0.330. The lowest BCUT2D eigenvalue weighted by atomic mass is 10.1. The molecule has 0 radical (unpaired) electrons. The number of benzene rings is 2. The lowest BCUT2D eigenvalue weighted by Gasteiger charge is -2.06. The van der Waals surface area contributed by atoms with Gasteiger partial charge in [0.15, 0.2) is 12.4 Å². The molecule has 0 bridgehead atoms. The molecular weight excluding hydrogens is 335 g/mol. The summed E-state index contributed by atoms with van der Waals surface area (Å²) in [6.45, 7) is -0.127. The van der Waals surface area contributed by atoms with E-state index in [1.807, 2.05) is 6.07 Å². The first kappa shape index (κ1) is 14.0. The van der Waals surface area contributed by atoms with Gasteiger partial charge in [-0.25, -0.2) is 4.39 Å². The Morgan fingerprint density at radius 1 is 1.26 bits per heavy atom. The molecule has 2 rings (SSSR count). The van der Waals surface area contributed by atoms with Gasteiger partial charge in [-0.05, 0) is 24.3 Å². The highest BCUT2D eigenvalue weighted by atomic mass is 79.9. The van der Waals surface area contributed by atoms with E-state index in [0.717, 1.165) is 4.47 Å². The summed E-state index contributed by atoms with van der Waals surface area (Å²) >= 11 is 8.91. The summed E-state index contributed by atoms with van der Waals surface area (Å²) in [7, 11) is 0. The van der Waals surface area contributed by atoms with Crippen LogP contribution < -0.4 is 4.74 Å². The first-order valence-corrected chi connectivity index (χ1v) is 6.60. The van der Waals surface area contributed by atoms with Crippen LogP contribution in [0.4, 0.5) is 4.39 Å². The maximum atomic E-state index is 12.9. The molecule has 2 nitrogen and oxygen atoms in total. The molecule has 0 fully saturated rings. The van der Waals surface area contributed by atoms with Crippen LogP contribution in [0.3, 0.4) is 0 Å². The van der Waals surface area contributed by atoms with Gasteiger partial charge >= 0.3 is 0 Å². The second-order valence-electron chi connectivity index (χ2n) is 3.80. The number of carbonyl (C=O) groups excluding carboxylic acids is 1. The molecular formula is C14H9BrClFO2. The maximum Gasteiger partial charge on any atom is 0.200 e. The number of halogens is 3. The summed E-state index contributed by atoms with van der Waals surface area (Å²) in [6, 6.07) is 11.0. The van der Waals surface area contributed by atoms with Gasteiger partial charge < -0.3 is 4.74 Å². The molecule has 0 aliphatic heterocycles. The number of rotatable bonds is 4. The van der Waals surface area contributed by atoms with Gasteiger partial charge in [0.2, 0.25) is 0 Å².